The molecule has 3 aliphatic heterocycles. The molecule has 6 heterocycles. The minimum absolute atomic E-state index is 0.0114. The molecule has 11 aromatic carbocycles. The first-order valence-corrected chi connectivity index (χ1v) is 29.3. The highest BCUT2D eigenvalue weighted by Gasteiger charge is 2.47. The van der Waals surface area contributed by atoms with Crippen LogP contribution in [0.4, 0.5) is 51.2 Å². The first kappa shape index (κ1) is 46.6. The van der Waals surface area contributed by atoms with Gasteiger partial charge in [-0.05, 0) is 148 Å². The maximum absolute atomic E-state index is 2.63. The van der Waals surface area contributed by atoms with Crippen molar-refractivity contribution in [3.8, 4) is 11.4 Å². The van der Waals surface area contributed by atoms with Crippen LogP contribution in [0.3, 0.4) is 0 Å². The molecule has 0 unspecified atom stereocenters. The summed E-state index contributed by atoms with van der Waals surface area (Å²) in [5, 5.41) is 7.66. The van der Waals surface area contributed by atoms with Crippen molar-refractivity contribution in [2.45, 2.75) is 52.4 Å². The molecule has 3 aromatic heterocycles. The Kier molecular flexibility index (Phi) is 9.57. The monoisotopic (exact) mass is 1060 g/mol. The van der Waals surface area contributed by atoms with E-state index in [0.717, 1.165) is 34.1 Å². The molecular formula is C74H56BN5S. The van der Waals surface area contributed by atoms with Crippen LogP contribution in [-0.4, -0.2) is 15.8 Å². The lowest BCUT2D eigenvalue weighted by atomic mass is 9.33. The van der Waals surface area contributed by atoms with Crippen LogP contribution in [0.1, 0.15) is 52.7 Å². The zero-order valence-electron chi connectivity index (χ0n) is 46.2. The van der Waals surface area contributed by atoms with Crippen LogP contribution < -0.4 is 31.1 Å². The molecule has 0 saturated heterocycles. The second-order valence-corrected chi connectivity index (χ2v) is 25.7. The number of hydrogen-bond donors (Lipinski definition) is 0. The molecule has 17 rings (SSSR count). The third-order valence-corrected chi connectivity index (χ3v) is 19.0. The number of hydrogen-bond acceptors (Lipinski definition) is 4. The number of aromatic nitrogens is 2. The smallest absolute Gasteiger partial charge is 0.252 e. The molecule has 0 amide bonds. The van der Waals surface area contributed by atoms with E-state index in [4.69, 9.17) is 0 Å². The van der Waals surface area contributed by atoms with Gasteiger partial charge in [-0.2, -0.15) is 0 Å². The minimum Gasteiger partial charge on any atom is -0.311 e. The molecule has 0 atom stereocenters. The van der Waals surface area contributed by atoms with Gasteiger partial charge in [-0.3, -0.25) is 0 Å². The van der Waals surface area contributed by atoms with Crippen LogP contribution in [0.5, 0.6) is 0 Å². The summed E-state index contributed by atoms with van der Waals surface area (Å²) in [6.07, 6.45) is 0. The molecule has 0 spiro atoms. The van der Waals surface area contributed by atoms with Gasteiger partial charge in [0.05, 0.1) is 44.8 Å². The number of anilines is 9. The van der Waals surface area contributed by atoms with Crippen molar-refractivity contribution in [1.82, 2.24) is 9.13 Å². The Morgan fingerprint density at radius 1 is 0.358 bits per heavy atom. The van der Waals surface area contributed by atoms with E-state index < -0.39 is 0 Å². The largest absolute Gasteiger partial charge is 0.311 e. The molecule has 81 heavy (non-hydrogen) atoms. The average Bonchev–Trinajstić information content (AvgIpc) is 3.33. The molecule has 5 nitrogen and oxygen atoms in total. The first-order chi connectivity index (χ1) is 39.5. The van der Waals surface area contributed by atoms with Gasteiger partial charge in [0.1, 0.15) is 0 Å². The first-order valence-electron chi connectivity index (χ1n) is 28.4. The molecule has 14 aromatic rings. The molecule has 3 aliphatic rings. The second kappa shape index (κ2) is 16.6. The Labute approximate surface area is 475 Å². The average molecular weight is 1060 g/mol. The van der Waals surface area contributed by atoms with E-state index in [-0.39, 0.29) is 17.5 Å². The highest BCUT2D eigenvalue weighted by molar-refractivity contribution is 7.25. The van der Waals surface area contributed by atoms with Crippen molar-refractivity contribution in [2.24, 2.45) is 0 Å². The molecular weight excluding hydrogens is 1000 g/mol. The topological polar surface area (TPSA) is 19.6 Å². The molecule has 0 bridgehead atoms. The summed E-state index contributed by atoms with van der Waals surface area (Å²) in [4.78, 5) is 7.69. The van der Waals surface area contributed by atoms with Crippen molar-refractivity contribution in [1.29, 1.82) is 0 Å². The van der Waals surface area contributed by atoms with E-state index in [0.29, 0.717) is 0 Å². The van der Waals surface area contributed by atoms with Crippen LogP contribution in [0.2, 0.25) is 0 Å². The van der Waals surface area contributed by atoms with E-state index in [1.165, 1.54) is 120 Å². The van der Waals surface area contributed by atoms with E-state index in [1.807, 2.05) is 11.3 Å². The van der Waals surface area contributed by atoms with Gasteiger partial charge in [-0.1, -0.05) is 163 Å². The van der Waals surface area contributed by atoms with Gasteiger partial charge in [-0.15, -0.1) is 11.3 Å². The fraction of sp³-hybridized carbons (Fsp3) is 0.108. The van der Waals surface area contributed by atoms with E-state index in [2.05, 4.69) is 296 Å². The van der Waals surface area contributed by atoms with Gasteiger partial charge in [0.15, 0.2) is 0 Å². The SMILES string of the molecule is CC(C)(C)c1ccc2c(c1)c1cc(C(C)(C)C)ccc1n2-c1ccc2c(c1)N(c1ccc3c(c1)sc1ccccc13)c1cc(N(c3ccccc3)c3ccccc3)cc3c1B2c1cccc2c1N3c1cccc3c4ccccc4n-2c13. The summed E-state index contributed by atoms with van der Waals surface area (Å²) in [6, 6.07) is 87.6. The van der Waals surface area contributed by atoms with Gasteiger partial charge in [0, 0.05) is 81.5 Å². The normalized spacial score (nSPS) is 13.5. The lowest BCUT2D eigenvalue weighted by molar-refractivity contribution is 0.590. The van der Waals surface area contributed by atoms with E-state index >= 15 is 0 Å². The molecule has 7 heteroatoms. The van der Waals surface area contributed by atoms with E-state index in [9.17, 15) is 0 Å². The highest BCUT2D eigenvalue weighted by atomic mass is 32.1. The molecule has 0 radical (unpaired) electrons. The molecule has 0 aliphatic carbocycles. The Bertz CT molecular complexity index is 4880. The summed E-state index contributed by atoms with van der Waals surface area (Å²) in [5.41, 5.74) is 24.0. The zero-order chi connectivity index (χ0) is 54.2. The fourth-order valence-corrected chi connectivity index (χ4v) is 15.2. The predicted molar refractivity (Wildman–Crippen MR) is 348 cm³/mol. The van der Waals surface area contributed by atoms with Gasteiger partial charge in [0.25, 0.3) is 6.71 Å². The van der Waals surface area contributed by atoms with Crippen molar-refractivity contribution in [3.05, 3.63) is 242 Å². The molecule has 0 saturated carbocycles. The summed E-state index contributed by atoms with van der Waals surface area (Å²) in [5.74, 6) is 0. The number of fused-ring (bicyclic) bond motifs is 15. The second-order valence-electron chi connectivity index (χ2n) is 24.6. The van der Waals surface area contributed by atoms with Gasteiger partial charge in [-0.25, -0.2) is 0 Å². The third-order valence-electron chi connectivity index (χ3n) is 17.9. The van der Waals surface area contributed by atoms with Gasteiger partial charge < -0.3 is 23.8 Å². The predicted octanol–water partition coefficient (Wildman–Crippen LogP) is 18.7. The van der Waals surface area contributed by atoms with Crippen molar-refractivity contribution < 1.29 is 0 Å². The number of nitrogens with zero attached hydrogens (tertiary/aromatic N) is 5. The van der Waals surface area contributed by atoms with Gasteiger partial charge in [0.2, 0.25) is 0 Å². The van der Waals surface area contributed by atoms with Crippen LogP contribution >= 0.6 is 11.3 Å². The maximum Gasteiger partial charge on any atom is 0.252 e. The summed E-state index contributed by atoms with van der Waals surface area (Å²) in [6.45, 7) is 13.8. The van der Waals surface area contributed by atoms with Crippen LogP contribution in [0, 0.1) is 0 Å². The summed E-state index contributed by atoms with van der Waals surface area (Å²) >= 11 is 1.88. The molecule has 0 fully saturated rings. The Morgan fingerprint density at radius 3 is 1.64 bits per heavy atom. The van der Waals surface area contributed by atoms with E-state index in [1.54, 1.807) is 0 Å². The molecule has 0 N–H and O–H groups in total. The Morgan fingerprint density at radius 2 is 0.938 bits per heavy atom. The fourth-order valence-electron chi connectivity index (χ4n) is 14.1. The standard InChI is InChI=1S/C74H56BN5S/c1-73(2,3)45-31-37-61-56(39-45)57-40-46(74(4,5)6)32-38-62(57)77(61)49-34-36-58-65(41-49)78(50-33-35-54-53-24-14-16-30-68(53)81-69(54)44-50)66-42-51(76(47-19-9-7-10-20-47)48-21-11-8-12-22-48)43-67-70(66)75(58)59-26-18-29-64-72(59)80(67)63-28-17-25-55-52-23-13-15-27-60(52)79(64)71(55)63/h7-44H,1-6H3. The number of rotatable bonds is 5. The van der Waals surface area contributed by atoms with Crippen LogP contribution in [0.15, 0.2) is 231 Å². The van der Waals surface area contributed by atoms with Crippen molar-refractivity contribution in [3.63, 3.8) is 0 Å². The van der Waals surface area contributed by atoms with Crippen molar-refractivity contribution >= 4 is 149 Å². The zero-order valence-corrected chi connectivity index (χ0v) is 47.0. The van der Waals surface area contributed by atoms with Gasteiger partial charge >= 0.3 is 0 Å². The third kappa shape index (κ3) is 6.61. The Balaban J connectivity index is 1.01. The van der Waals surface area contributed by atoms with Crippen molar-refractivity contribution in [2.75, 3.05) is 14.7 Å². The summed E-state index contributed by atoms with van der Waals surface area (Å²) in [7, 11) is 0. The van der Waals surface area contributed by atoms with Crippen LogP contribution in [-0.2, 0) is 10.8 Å². The van der Waals surface area contributed by atoms with Crippen LogP contribution in [0.25, 0.3) is 75.2 Å². The number of benzene rings is 11. The molecule has 386 valence electrons. The quantitative estimate of drug-likeness (QED) is 0.160. The minimum atomic E-state index is -0.102. The lowest BCUT2D eigenvalue weighted by Gasteiger charge is -2.46. The highest BCUT2D eigenvalue weighted by Crippen LogP contribution is 2.54. The Hall–Kier alpha value is -9.30. The maximum atomic E-state index is 2.63. The number of para-hydroxylation sites is 5. The lowest BCUT2D eigenvalue weighted by Crippen LogP contribution is -2.61. The summed E-state index contributed by atoms with van der Waals surface area (Å²) < 4.78 is 7.65. The number of thiophene rings is 1.